The Morgan fingerprint density at radius 1 is 1.30 bits per heavy atom. The molecule has 2 rings (SSSR count). The number of nitrogens with one attached hydrogen (secondary N) is 1. The number of methoxy groups -OCH3 is 1. The summed E-state index contributed by atoms with van der Waals surface area (Å²) >= 11 is 8.98. The van der Waals surface area contributed by atoms with E-state index in [0.29, 0.717) is 16.5 Å². The smallest absolute Gasteiger partial charge is 0.162 e. The summed E-state index contributed by atoms with van der Waals surface area (Å²) in [4.78, 5) is 0. The Bertz CT molecular complexity index is 700. The van der Waals surface area contributed by atoms with Gasteiger partial charge < -0.3 is 10.1 Å². The Labute approximate surface area is 129 Å². The van der Waals surface area contributed by atoms with Gasteiger partial charge in [-0.2, -0.15) is 5.26 Å². The van der Waals surface area contributed by atoms with Crippen LogP contribution in [0.3, 0.4) is 0 Å². The lowest BCUT2D eigenvalue weighted by atomic mass is 10.2. The molecule has 0 bridgehead atoms. The molecule has 0 saturated heterocycles. The van der Waals surface area contributed by atoms with E-state index in [1.165, 1.54) is 19.2 Å². The average molecular weight is 356 g/mol. The quantitative estimate of drug-likeness (QED) is 0.854. The molecule has 6 heteroatoms. The highest BCUT2D eigenvalue weighted by Gasteiger charge is 2.13. The Balaban J connectivity index is 2.43. The highest BCUT2D eigenvalue weighted by atomic mass is 79.9. The van der Waals surface area contributed by atoms with Crippen LogP contribution in [-0.2, 0) is 0 Å². The summed E-state index contributed by atoms with van der Waals surface area (Å²) in [5.74, 6) is -0.0136. The number of nitriles is 1. The zero-order valence-corrected chi connectivity index (χ0v) is 12.7. The van der Waals surface area contributed by atoms with Gasteiger partial charge in [-0.3, -0.25) is 0 Å². The van der Waals surface area contributed by atoms with E-state index in [4.69, 9.17) is 21.6 Å². The maximum Gasteiger partial charge on any atom is 0.162 e. The van der Waals surface area contributed by atoms with Crippen LogP contribution in [0.25, 0.3) is 0 Å². The second kappa shape index (κ2) is 6.12. The van der Waals surface area contributed by atoms with Crippen LogP contribution in [-0.4, -0.2) is 7.11 Å². The first-order chi connectivity index (χ1) is 9.56. The predicted octanol–water partition coefficient (Wildman–Crippen LogP) is 4.87. The SMILES string of the molecule is COc1ccc(Cl)cc1Nc1ccc(C#N)c(Br)c1F. The molecule has 0 fully saturated rings. The maximum absolute atomic E-state index is 14.1. The maximum atomic E-state index is 14.1. The van der Waals surface area contributed by atoms with Crippen molar-refractivity contribution in [3.05, 3.63) is 51.2 Å². The molecule has 0 aliphatic rings. The zero-order valence-electron chi connectivity index (χ0n) is 10.4. The van der Waals surface area contributed by atoms with Gasteiger partial charge in [-0.25, -0.2) is 4.39 Å². The molecule has 0 aliphatic carbocycles. The second-order valence-corrected chi connectivity index (χ2v) is 5.10. The molecular formula is C14H9BrClFN2O. The summed E-state index contributed by atoms with van der Waals surface area (Å²) in [6.07, 6.45) is 0. The van der Waals surface area contributed by atoms with Crippen LogP contribution in [0.1, 0.15) is 5.56 Å². The van der Waals surface area contributed by atoms with E-state index < -0.39 is 5.82 Å². The van der Waals surface area contributed by atoms with Crippen molar-refractivity contribution in [1.29, 1.82) is 5.26 Å². The van der Waals surface area contributed by atoms with Crippen molar-refractivity contribution in [3.63, 3.8) is 0 Å². The number of hydrogen-bond donors (Lipinski definition) is 1. The van der Waals surface area contributed by atoms with Gasteiger partial charge in [0.2, 0.25) is 0 Å². The number of benzene rings is 2. The van der Waals surface area contributed by atoms with Crippen LogP contribution in [0.15, 0.2) is 34.8 Å². The van der Waals surface area contributed by atoms with E-state index in [-0.39, 0.29) is 15.7 Å². The van der Waals surface area contributed by atoms with Crippen molar-refractivity contribution in [2.45, 2.75) is 0 Å². The molecular weight excluding hydrogens is 347 g/mol. The van der Waals surface area contributed by atoms with Crippen molar-refractivity contribution >= 4 is 38.9 Å². The fraction of sp³-hybridized carbons (Fsp3) is 0.0714. The highest BCUT2D eigenvalue weighted by Crippen LogP contribution is 2.33. The van der Waals surface area contributed by atoms with E-state index >= 15 is 0 Å². The van der Waals surface area contributed by atoms with Crippen LogP contribution in [0.2, 0.25) is 5.02 Å². The number of nitrogens with zero attached hydrogens (tertiary/aromatic N) is 1. The Morgan fingerprint density at radius 2 is 2.05 bits per heavy atom. The average Bonchev–Trinajstić information content (AvgIpc) is 2.44. The summed E-state index contributed by atoms with van der Waals surface area (Å²) in [5.41, 5.74) is 0.984. The Hall–Kier alpha value is -1.77. The number of halogens is 3. The van der Waals surface area contributed by atoms with Gasteiger partial charge >= 0.3 is 0 Å². The Kier molecular flexibility index (Phi) is 4.48. The molecule has 102 valence electrons. The number of anilines is 2. The summed E-state index contributed by atoms with van der Waals surface area (Å²) in [5, 5.41) is 12.2. The van der Waals surface area contributed by atoms with Crippen LogP contribution in [0, 0.1) is 17.1 Å². The van der Waals surface area contributed by atoms with Crippen LogP contribution in [0.4, 0.5) is 15.8 Å². The molecule has 0 radical (unpaired) electrons. The molecule has 0 aliphatic heterocycles. The topological polar surface area (TPSA) is 45.0 Å². The van der Waals surface area contributed by atoms with E-state index in [9.17, 15) is 4.39 Å². The third kappa shape index (κ3) is 2.87. The molecule has 0 heterocycles. The molecule has 2 aromatic rings. The van der Waals surface area contributed by atoms with Gasteiger partial charge in [0.05, 0.1) is 28.5 Å². The van der Waals surface area contributed by atoms with Gasteiger partial charge in [0.1, 0.15) is 11.8 Å². The molecule has 2 aromatic carbocycles. The molecule has 0 atom stereocenters. The van der Waals surface area contributed by atoms with Crippen molar-refractivity contribution in [2.75, 3.05) is 12.4 Å². The van der Waals surface area contributed by atoms with Crippen molar-refractivity contribution in [1.82, 2.24) is 0 Å². The van der Waals surface area contributed by atoms with E-state index in [2.05, 4.69) is 21.2 Å². The third-order valence-electron chi connectivity index (χ3n) is 2.63. The number of rotatable bonds is 3. The number of hydrogen-bond acceptors (Lipinski definition) is 3. The van der Waals surface area contributed by atoms with Gasteiger partial charge in [-0.05, 0) is 46.3 Å². The predicted molar refractivity (Wildman–Crippen MR) is 80.1 cm³/mol. The first-order valence-corrected chi connectivity index (χ1v) is 6.72. The first-order valence-electron chi connectivity index (χ1n) is 5.55. The standard InChI is InChI=1S/C14H9BrClFN2O/c1-20-12-5-3-9(16)6-11(12)19-10-4-2-8(7-18)13(15)14(10)17/h2-6,19H,1H3. The lowest BCUT2D eigenvalue weighted by Crippen LogP contribution is -1.98. The van der Waals surface area contributed by atoms with Gasteiger partial charge in [-0.1, -0.05) is 11.6 Å². The lowest BCUT2D eigenvalue weighted by Gasteiger charge is -2.13. The van der Waals surface area contributed by atoms with Gasteiger partial charge in [0, 0.05) is 5.02 Å². The fourth-order valence-electron chi connectivity index (χ4n) is 1.66. The van der Waals surface area contributed by atoms with Crippen molar-refractivity contribution in [2.24, 2.45) is 0 Å². The van der Waals surface area contributed by atoms with Gasteiger partial charge in [-0.15, -0.1) is 0 Å². The monoisotopic (exact) mass is 354 g/mol. The minimum absolute atomic E-state index is 0.117. The molecule has 0 saturated carbocycles. The lowest BCUT2D eigenvalue weighted by molar-refractivity contribution is 0.417. The highest BCUT2D eigenvalue weighted by molar-refractivity contribution is 9.10. The molecule has 3 nitrogen and oxygen atoms in total. The molecule has 20 heavy (non-hydrogen) atoms. The summed E-state index contributed by atoms with van der Waals surface area (Å²) in [6, 6.07) is 9.89. The van der Waals surface area contributed by atoms with Crippen molar-refractivity contribution < 1.29 is 9.13 Å². The fourth-order valence-corrected chi connectivity index (χ4v) is 2.26. The van der Waals surface area contributed by atoms with Crippen molar-refractivity contribution in [3.8, 4) is 11.8 Å². The van der Waals surface area contributed by atoms with Gasteiger partial charge in [0.15, 0.2) is 5.82 Å². The van der Waals surface area contributed by atoms with Gasteiger partial charge in [0.25, 0.3) is 0 Å². The van der Waals surface area contributed by atoms with Crippen LogP contribution < -0.4 is 10.1 Å². The summed E-state index contributed by atoms with van der Waals surface area (Å²) in [6.45, 7) is 0. The minimum Gasteiger partial charge on any atom is -0.495 e. The summed E-state index contributed by atoms with van der Waals surface area (Å²) < 4.78 is 19.4. The molecule has 0 spiro atoms. The molecule has 0 unspecified atom stereocenters. The molecule has 1 N–H and O–H groups in total. The summed E-state index contributed by atoms with van der Waals surface area (Å²) in [7, 11) is 1.51. The normalized spacial score (nSPS) is 9.95. The third-order valence-corrected chi connectivity index (χ3v) is 3.64. The Morgan fingerprint density at radius 3 is 2.70 bits per heavy atom. The zero-order chi connectivity index (χ0) is 14.7. The largest absolute Gasteiger partial charge is 0.495 e. The van der Waals surface area contributed by atoms with Crippen LogP contribution in [0.5, 0.6) is 5.75 Å². The van der Waals surface area contributed by atoms with Crippen LogP contribution >= 0.6 is 27.5 Å². The molecule has 0 amide bonds. The molecule has 0 aromatic heterocycles. The van der Waals surface area contributed by atoms with E-state index in [0.717, 1.165) is 0 Å². The first kappa shape index (κ1) is 14.6. The van der Waals surface area contributed by atoms with E-state index in [1.54, 1.807) is 18.2 Å². The second-order valence-electron chi connectivity index (χ2n) is 3.87. The minimum atomic E-state index is -0.550. The number of ether oxygens (including phenoxy) is 1. The van der Waals surface area contributed by atoms with E-state index in [1.807, 2.05) is 6.07 Å².